The number of ether oxygens (including phenoxy) is 1. The Bertz CT molecular complexity index is 711. The van der Waals surface area contributed by atoms with E-state index in [0.717, 1.165) is 11.1 Å². The third kappa shape index (κ3) is 2.94. The standard InChI is InChI=1S/C15H18N4O2/c1-8-5-6-12(7-9(8)2)21-15-13(14(16)19-20)10(3)11(4)17-18-15/h5-7,20H,1-4H3,(H2,16,19). The summed E-state index contributed by atoms with van der Waals surface area (Å²) in [4.78, 5) is 0. The summed E-state index contributed by atoms with van der Waals surface area (Å²) in [5.41, 5.74) is 9.91. The minimum absolute atomic E-state index is 0.0515. The Kier molecular flexibility index (Phi) is 4.07. The summed E-state index contributed by atoms with van der Waals surface area (Å²) in [7, 11) is 0. The number of oxime groups is 1. The maximum atomic E-state index is 8.93. The first-order valence-corrected chi connectivity index (χ1v) is 6.51. The Morgan fingerprint density at radius 1 is 1.14 bits per heavy atom. The van der Waals surface area contributed by atoms with Crippen LogP contribution in [0.4, 0.5) is 0 Å². The van der Waals surface area contributed by atoms with Crippen molar-refractivity contribution in [2.45, 2.75) is 27.7 Å². The van der Waals surface area contributed by atoms with Gasteiger partial charge in [-0.3, -0.25) is 0 Å². The molecule has 2 aromatic rings. The molecule has 3 N–H and O–H groups in total. The van der Waals surface area contributed by atoms with E-state index in [1.807, 2.05) is 39.0 Å². The van der Waals surface area contributed by atoms with Gasteiger partial charge in [-0.25, -0.2) is 0 Å². The summed E-state index contributed by atoms with van der Waals surface area (Å²) in [5.74, 6) is 0.795. The molecule has 2 rings (SSSR count). The Labute approximate surface area is 123 Å². The lowest BCUT2D eigenvalue weighted by Crippen LogP contribution is -2.18. The molecule has 0 bridgehead atoms. The number of rotatable bonds is 3. The van der Waals surface area contributed by atoms with Gasteiger partial charge < -0.3 is 15.7 Å². The van der Waals surface area contributed by atoms with Crippen LogP contribution in [0.2, 0.25) is 0 Å². The first-order chi connectivity index (χ1) is 9.93. The predicted molar refractivity (Wildman–Crippen MR) is 80.0 cm³/mol. The molecule has 0 fully saturated rings. The van der Waals surface area contributed by atoms with Crippen molar-refractivity contribution in [3.05, 3.63) is 46.1 Å². The minimum Gasteiger partial charge on any atom is -0.437 e. The van der Waals surface area contributed by atoms with E-state index in [4.69, 9.17) is 15.7 Å². The van der Waals surface area contributed by atoms with E-state index in [9.17, 15) is 0 Å². The minimum atomic E-state index is -0.0515. The first kappa shape index (κ1) is 14.8. The smallest absolute Gasteiger partial charge is 0.250 e. The molecule has 6 heteroatoms. The topological polar surface area (TPSA) is 93.6 Å². The van der Waals surface area contributed by atoms with Crippen molar-refractivity contribution in [1.82, 2.24) is 10.2 Å². The second kappa shape index (κ2) is 5.78. The second-order valence-electron chi connectivity index (χ2n) is 4.92. The molecule has 0 aliphatic rings. The summed E-state index contributed by atoms with van der Waals surface area (Å²) in [6, 6.07) is 5.71. The van der Waals surface area contributed by atoms with Gasteiger partial charge in [-0.05, 0) is 56.5 Å². The first-order valence-electron chi connectivity index (χ1n) is 6.51. The molecule has 1 aromatic carbocycles. The summed E-state index contributed by atoms with van der Waals surface area (Å²) in [6.45, 7) is 7.65. The van der Waals surface area contributed by atoms with Crippen LogP contribution in [0.3, 0.4) is 0 Å². The van der Waals surface area contributed by atoms with E-state index in [0.29, 0.717) is 17.0 Å². The van der Waals surface area contributed by atoms with Crippen LogP contribution in [0, 0.1) is 27.7 Å². The lowest BCUT2D eigenvalue weighted by molar-refractivity contribution is 0.318. The van der Waals surface area contributed by atoms with Crippen LogP contribution in [0.1, 0.15) is 27.9 Å². The molecular formula is C15H18N4O2. The zero-order valence-corrected chi connectivity index (χ0v) is 12.5. The number of aryl methyl sites for hydroxylation is 3. The quantitative estimate of drug-likeness (QED) is 0.391. The third-order valence-electron chi connectivity index (χ3n) is 3.48. The molecule has 6 nitrogen and oxygen atoms in total. The summed E-state index contributed by atoms with van der Waals surface area (Å²) >= 11 is 0. The summed E-state index contributed by atoms with van der Waals surface area (Å²) in [5, 5.41) is 20.0. The van der Waals surface area contributed by atoms with Gasteiger partial charge in [0.15, 0.2) is 5.84 Å². The van der Waals surface area contributed by atoms with Crippen molar-refractivity contribution in [2.75, 3.05) is 0 Å². The molecule has 0 amide bonds. The van der Waals surface area contributed by atoms with Crippen LogP contribution >= 0.6 is 0 Å². The number of benzene rings is 1. The number of hydrogen-bond donors (Lipinski definition) is 2. The Balaban J connectivity index is 2.49. The van der Waals surface area contributed by atoms with Crippen LogP contribution < -0.4 is 10.5 Å². The highest BCUT2D eigenvalue weighted by Gasteiger charge is 2.17. The average molecular weight is 286 g/mol. The Morgan fingerprint density at radius 2 is 1.86 bits per heavy atom. The molecule has 0 saturated heterocycles. The fourth-order valence-electron chi connectivity index (χ4n) is 1.90. The largest absolute Gasteiger partial charge is 0.437 e. The fourth-order valence-corrected chi connectivity index (χ4v) is 1.90. The maximum Gasteiger partial charge on any atom is 0.250 e. The van der Waals surface area contributed by atoms with Gasteiger partial charge >= 0.3 is 0 Å². The van der Waals surface area contributed by atoms with E-state index in [-0.39, 0.29) is 11.7 Å². The molecule has 0 spiro atoms. The number of hydrogen-bond acceptors (Lipinski definition) is 5. The normalized spacial score (nSPS) is 11.5. The molecule has 0 unspecified atom stereocenters. The summed E-state index contributed by atoms with van der Waals surface area (Å²) in [6.07, 6.45) is 0. The molecule has 110 valence electrons. The van der Waals surface area contributed by atoms with Crippen LogP contribution in [-0.2, 0) is 0 Å². The van der Waals surface area contributed by atoms with Crippen LogP contribution in [0.5, 0.6) is 11.6 Å². The highest BCUT2D eigenvalue weighted by atomic mass is 16.5. The van der Waals surface area contributed by atoms with E-state index < -0.39 is 0 Å². The van der Waals surface area contributed by atoms with Gasteiger partial charge in [-0.2, -0.15) is 5.10 Å². The molecule has 0 radical (unpaired) electrons. The van der Waals surface area contributed by atoms with Crippen LogP contribution in [-0.4, -0.2) is 21.2 Å². The average Bonchev–Trinajstić information content (AvgIpc) is 2.46. The zero-order valence-electron chi connectivity index (χ0n) is 12.5. The van der Waals surface area contributed by atoms with Gasteiger partial charge in [0, 0.05) is 0 Å². The summed E-state index contributed by atoms with van der Waals surface area (Å²) < 4.78 is 5.76. The van der Waals surface area contributed by atoms with Gasteiger partial charge in [0.25, 0.3) is 0 Å². The number of amidine groups is 1. The predicted octanol–water partition coefficient (Wildman–Crippen LogP) is 2.60. The van der Waals surface area contributed by atoms with Crippen molar-refractivity contribution in [3.63, 3.8) is 0 Å². The highest BCUT2D eigenvalue weighted by molar-refractivity contribution is 6.00. The second-order valence-corrected chi connectivity index (χ2v) is 4.92. The van der Waals surface area contributed by atoms with Gasteiger partial charge in [-0.15, -0.1) is 5.10 Å². The van der Waals surface area contributed by atoms with Gasteiger partial charge in [-0.1, -0.05) is 11.2 Å². The van der Waals surface area contributed by atoms with Gasteiger partial charge in [0.1, 0.15) is 5.75 Å². The number of nitrogens with two attached hydrogens (primary N) is 1. The zero-order chi connectivity index (χ0) is 15.6. The molecule has 0 aliphatic carbocycles. The third-order valence-corrected chi connectivity index (χ3v) is 3.48. The van der Waals surface area contributed by atoms with E-state index in [1.54, 1.807) is 6.92 Å². The number of aromatic nitrogens is 2. The highest BCUT2D eigenvalue weighted by Crippen LogP contribution is 2.27. The van der Waals surface area contributed by atoms with E-state index in [2.05, 4.69) is 15.4 Å². The number of nitrogens with zero attached hydrogens (tertiary/aromatic N) is 3. The molecule has 1 heterocycles. The Hall–Kier alpha value is -2.63. The lowest BCUT2D eigenvalue weighted by atomic mass is 10.1. The Morgan fingerprint density at radius 3 is 2.48 bits per heavy atom. The van der Waals surface area contributed by atoms with E-state index in [1.165, 1.54) is 5.56 Å². The fraction of sp³-hybridized carbons (Fsp3) is 0.267. The van der Waals surface area contributed by atoms with Gasteiger partial charge in [0.2, 0.25) is 5.88 Å². The van der Waals surface area contributed by atoms with E-state index >= 15 is 0 Å². The van der Waals surface area contributed by atoms with Crippen molar-refractivity contribution < 1.29 is 9.94 Å². The molecule has 0 atom stereocenters. The molecule has 0 aliphatic heterocycles. The molecule has 1 aromatic heterocycles. The van der Waals surface area contributed by atoms with Gasteiger partial charge in [0.05, 0.1) is 11.3 Å². The van der Waals surface area contributed by atoms with Crippen LogP contribution in [0.25, 0.3) is 0 Å². The van der Waals surface area contributed by atoms with Crippen molar-refractivity contribution in [2.24, 2.45) is 10.9 Å². The maximum absolute atomic E-state index is 8.93. The molecule has 21 heavy (non-hydrogen) atoms. The monoisotopic (exact) mass is 286 g/mol. The molecule has 0 saturated carbocycles. The molecular weight excluding hydrogens is 268 g/mol. The van der Waals surface area contributed by atoms with Crippen molar-refractivity contribution >= 4 is 5.84 Å². The van der Waals surface area contributed by atoms with Crippen molar-refractivity contribution in [1.29, 1.82) is 0 Å². The van der Waals surface area contributed by atoms with Crippen LogP contribution in [0.15, 0.2) is 23.4 Å². The lowest BCUT2D eigenvalue weighted by Gasteiger charge is -2.13. The van der Waals surface area contributed by atoms with Crippen molar-refractivity contribution in [3.8, 4) is 11.6 Å². The SMILES string of the molecule is Cc1ccc(Oc2nnc(C)c(C)c2/C(N)=N/O)cc1C.